The molecular weight excluding hydrogens is 378 g/mol. The van der Waals surface area contributed by atoms with Gasteiger partial charge >= 0.3 is 0 Å². The van der Waals surface area contributed by atoms with Gasteiger partial charge < -0.3 is 5.32 Å². The minimum atomic E-state index is -3.82. The molecule has 2 aromatic carbocycles. The van der Waals surface area contributed by atoms with Crippen LogP contribution in [0, 0.1) is 11.6 Å². The number of fused-ring (bicyclic) bond motifs is 1. The molecule has 0 saturated heterocycles. The number of para-hydroxylation sites is 1. The van der Waals surface area contributed by atoms with Crippen LogP contribution in [0.2, 0.25) is 0 Å². The summed E-state index contributed by atoms with van der Waals surface area (Å²) in [5, 5.41) is 5.00. The second kappa shape index (κ2) is 6.46. The molecule has 0 fully saturated rings. The average Bonchev–Trinajstić information content (AvgIpc) is 3.13. The van der Waals surface area contributed by atoms with Crippen LogP contribution in [0.4, 0.5) is 14.5 Å². The van der Waals surface area contributed by atoms with Crippen LogP contribution in [0.25, 0.3) is 0 Å². The van der Waals surface area contributed by atoms with Gasteiger partial charge in [-0.05, 0) is 41.3 Å². The smallest absolute Gasteiger partial charge is 0.247 e. The van der Waals surface area contributed by atoms with E-state index in [9.17, 15) is 17.2 Å². The molecular formula is C18H14F2N2O2S2. The molecule has 1 N–H and O–H groups in total. The summed E-state index contributed by atoms with van der Waals surface area (Å²) < 4.78 is 54.7. The molecule has 0 amide bonds. The molecule has 134 valence electrons. The maximum Gasteiger partial charge on any atom is 0.247 e. The molecule has 0 radical (unpaired) electrons. The van der Waals surface area contributed by atoms with Crippen molar-refractivity contribution in [3.8, 4) is 0 Å². The number of anilines is 1. The Balaban J connectivity index is 1.85. The Kier molecular flexibility index (Phi) is 4.26. The molecule has 26 heavy (non-hydrogen) atoms. The Morgan fingerprint density at radius 3 is 2.58 bits per heavy atom. The van der Waals surface area contributed by atoms with E-state index in [4.69, 9.17) is 0 Å². The lowest BCUT2D eigenvalue weighted by atomic mass is 10.1. The number of benzene rings is 2. The highest BCUT2D eigenvalue weighted by Crippen LogP contribution is 2.39. The van der Waals surface area contributed by atoms with Crippen LogP contribution in [-0.4, -0.2) is 12.7 Å². The van der Waals surface area contributed by atoms with Crippen molar-refractivity contribution in [3.05, 3.63) is 82.1 Å². The molecule has 1 aromatic heterocycles. The SMILES string of the molecule is O=S1(=O)c2ccccc2NC(c2ccc(F)c(F)c2)N1Cc1cccs1. The van der Waals surface area contributed by atoms with E-state index in [1.54, 1.807) is 18.2 Å². The fraction of sp³-hybridized carbons (Fsp3) is 0.111. The maximum atomic E-state index is 13.8. The predicted octanol–water partition coefficient (Wildman–Crippen LogP) is 4.34. The van der Waals surface area contributed by atoms with E-state index in [-0.39, 0.29) is 11.4 Å². The van der Waals surface area contributed by atoms with Gasteiger partial charge in [0.1, 0.15) is 11.1 Å². The summed E-state index contributed by atoms with van der Waals surface area (Å²) in [4.78, 5) is 1.01. The summed E-state index contributed by atoms with van der Waals surface area (Å²) in [5.74, 6) is -1.99. The average molecular weight is 392 g/mol. The Morgan fingerprint density at radius 1 is 1.04 bits per heavy atom. The van der Waals surface area contributed by atoms with Crippen molar-refractivity contribution in [1.82, 2.24) is 4.31 Å². The van der Waals surface area contributed by atoms with E-state index in [0.717, 1.165) is 17.0 Å². The molecule has 0 saturated carbocycles. The molecule has 1 aliphatic rings. The Labute approximate surface area is 153 Å². The second-order valence-corrected chi connectivity index (χ2v) is 8.74. The summed E-state index contributed by atoms with van der Waals surface area (Å²) in [6.07, 6.45) is -0.841. The Morgan fingerprint density at radius 2 is 1.85 bits per heavy atom. The fourth-order valence-electron chi connectivity index (χ4n) is 2.96. The van der Waals surface area contributed by atoms with Gasteiger partial charge in [0.15, 0.2) is 11.6 Å². The summed E-state index contributed by atoms with van der Waals surface area (Å²) >= 11 is 1.43. The first-order valence-electron chi connectivity index (χ1n) is 7.81. The van der Waals surface area contributed by atoms with Gasteiger partial charge in [-0.1, -0.05) is 24.3 Å². The van der Waals surface area contributed by atoms with Gasteiger partial charge in [-0.3, -0.25) is 0 Å². The summed E-state index contributed by atoms with van der Waals surface area (Å²) in [7, 11) is -3.82. The maximum absolute atomic E-state index is 13.8. The predicted molar refractivity (Wildman–Crippen MR) is 96.2 cm³/mol. The van der Waals surface area contributed by atoms with E-state index in [1.807, 2.05) is 17.5 Å². The largest absolute Gasteiger partial charge is 0.364 e. The number of nitrogens with zero attached hydrogens (tertiary/aromatic N) is 1. The van der Waals surface area contributed by atoms with Crippen LogP contribution in [0.15, 0.2) is 64.9 Å². The minimum Gasteiger partial charge on any atom is -0.364 e. The van der Waals surface area contributed by atoms with E-state index in [0.29, 0.717) is 11.3 Å². The standard InChI is InChI=1S/C18H14F2N2O2S2/c19-14-8-7-12(10-15(14)20)18-21-16-5-1-2-6-17(16)26(23,24)22(18)11-13-4-3-9-25-13/h1-10,18,21H,11H2. The highest BCUT2D eigenvalue weighted by Gasteiger charge is 2.39. The first-order chi connectivity index (χ1) is 12.5. The molecule has 0 bridgehead atoms. The number of nitrogens with one attached hydrogen (secondary N) is 1. The number of hydrogen-bond donors (Lipinski definition) is 1. The molecule has 8 heteroatoms. The van der Waals surface area contributed by atoms with E-state index >= 15 is 0 Å². The highest BCUT2D eigenvalue weighted by molar-refractivity contribution is 7.89. The zero-order valence-electron chi connectivity index (χ0n) is 13.4. The molecule has 0 aliphatic carbocycles. The third-order valence-corrected chi connectivity index (χ3v) is 6.94. The molecule has 3 aromatic rings. The van der Waals surface area contributed by atoms with Gasteiger partial charge in [0, 0.05) is 4.88 Å². The topological polar surface area (TPSA) is 49.4 Å². The highest BCUT2D eigenvalue weighted by atomic mass is 32.2. The van der Waals surface area contributed by atoms with Crippen molar-refractivity contribution in [3.63, 3.8) is 0 Å². The molecule has 4 nitrogen and oxygen atoms in total. The van der Waals surface area contributed by atoms with E-state index in [2.05, 4.69) is 5.32 Å². The second-order valence-electron chi connectivity index (χ2n) is 5.85. The molecule has 0 spiro atoms. The van der Waals surface area contributed by atoms with Crippen molar-refractivity contribution in [2.24, 2.45) is 0 Å². The number of sulfonamides is 1. The van der Waals surface area contributed by atoms with Crippen LogP contribution in [0.3, 0.4) is 0 Å². The van der Waals surface area contributed by atoms with Crippen molar-refractivity contribution in [2.45, 2.75) is 17.6 Å². The van der Waals surface area contributed by atoms with Crippen LogP contribution < -0.4 is 5.32 Å². The molecule has 4 rings (SSSR count). The van der Waals surface area contributed by atoms with Gasteiger partial charge in [-0.2, -0.15) is 4.31 Å². The number of rotatable bonds is 3. The van der Waals surface area contributed by atoms with Gasteiger partial charge in [-0.25, -0.2) is 17.2 Å². The van der Waals surface area contributed by atoms with Crippen molar-refractivity contribution in [2.75, 3.05) is 5.32 Å². The molecule has 1 unspecified atom stereocenters. The van der Waals surface area contributed by atoms with Crippen LogP contribution in [0.1, 0.15) is 16.6 Å². The number of thiophene rings is 1. The third kappa shape index (κ3) is 2.90. The van der Waals surface area contributed by atoms with Crippen molar-refractivity contribution < 1.29 is 17.2 Å². The van der Waals surface area contributed by atoms with Gasteiger partial charge in [0.05, 0.1) is 12.2 Å². The summed E-state index contributed by atoms with van der Waals surface area (Å²) in [6, 6.07) is 13.6. The van der Waals surface area contributed by atoms with Crippen molar-refractivity contribution >= 4 is 27.0 Å². The van der Waals surface area contributed by atoms with Crippen LogP contribution >= 0.6 is 11.3 Å². The van der Waals surface area contributed by atoms with E-state index in [1.165, 1.54) is 27.8 Å². The zero-order valence-corrected chi connectivity index (χ0v) is 15.0. The van der Waals surface area contributed by atoms with Crippen LogP contribution in [-0.2, 0) is 16.6 Å². The number of halogens is 2. The van der Waals surface area contributed by atoms with Gasteiger partial charge in [0.2, 0.25) is 10.0 Å². The number of hydrogen-bond acceptors (Lipinski definition) is 4. The lowest BCUT2D eigenvalue weighted by Gasteiger charge is -2.37. The third-order valence-electron chi connectivity index (χ3n) is 4.21. The zero-order chi connectivity index (χ0) is 18.3. The van der Waals surface area contributed by atoms with E-state index < -0.39 is 27.8 Å². The normalized spacial score (nSPS) is 18.9. The lowest BCUT2D eigenvalue weighted by molar-refractivity contribution is 0.337. The molecule has 1 atom stereocenters. The Bertz CT molecular complexity index is 1050. The quantitative estimate of drug-likeness (QED) is 0.721. The summed E-state index contributed by atoms with van der Waals surface area (Å²) in [5.41, 5.74) is 0.767. The monoisotopic (exact) mass is 392 g/mol. The lowest BCUT2D eigenvalue weighted by Crippen LogP contribution is -2.42. The van der Waals surface area contributed by atoms with Gasteiger partial charge in [0.25, 0.3) is 0 Å². The summed E-state index contributed by atoms with van der Waals surface area (Å²) in [6.45, 7) is 0.130. The Hall–Kier alpha value is -2.29. The fourth-order valence-corrected chi connectivity index (χ4v) is 5.41. The van der Waals surface area contributed by atoms with Crippen molar-refractivity contribution in [1.29, 1.82) is 0 Å². The minimum absolute atomic E-state index is 0.130. The van der Waals surface area contributed by atoms with Gasteiger partial charge in [-0.15, -0.1) is 11.3 Å². The first-order valence-corrected chi connectivity index (χ1v) is 10.1. The molecule has 1 aliphatic heterocycles. The first kappa shape index (κ1) is 17.1. The van der Waals surface area contributed by atoms with Crippen LogP contribution in [0.5, 0.6) is 0 Å². The molecule has 2 heterocycles.